The molecule has 21 heavy (non-hydrogen) atoms. The van der Waals surface area contributed by atoms with E-state index in [2.05, 4.69) is 26.6 Å². The lowest BCUT2D eigenvalue weighted by Gasteiger charge is -2.09. The van der Waals surface area contributed by atoms with Gasteiger partial charge in [0.1, 0.15) is 5.82 Å². The van der Waals surface area contributed by atoms with Crippen molar-refractivity contribution in [3.63, 3.8) is 0 Å². The van der Waals surface area contributed by atoms with Crippen LogP contribution in [0.15, 0.2) is 46.9 Å². The maximum atomic E-state index is 12.7. The highest BCUT2D eigenvalue weighted by atomic mass is 79.9. The zero-order chi connectivity index (χ0) is 15.2. The van der Waals surface area contributed by atoms with Crippen LogP contribution in [0.4, 0.5) is 10.1 Å². The summed E-state index contributed by atoms with van der Waals surface area (Å²) in [5, 5.41) is 6.24. The highest BCUT2D eigenvalue weighted by Crippen LogP contribution is 2.25. The molecule has 2 rings (SSSR count). The van der Waals surface area contributed by atoms with Gasteiger partial charge in [-0.2, -0.15) is 0 Å². The lowest BCUT2D eigenvalue weighted by atomic mass is 10.2. The molecule has 110 valence electrons. The van der Waals surface area contributed by atoms with E-state index in [4.69, 9.17) is 11.6 Å². The normalized spacial score (nSPS) is 10.2. The number of carbonyl (C=O) groups is 1. The molecule has 0 aliphatic carbocycles. The molecule has 0 heterocycles. The van der Waals surface area contributed by atoms with E-state index in [0.29, 0.717) is 17.3 Å². The van der Waals surface area contributed by atoms with Crippen LogP contribution in [0, 0.1) is 5.82 Å². The zero-order valence-corrected chi connectivity index (χ0v) is 13.3. The Bertz CT molecular complexity index is 634. The molecule has 0 atom stereocenters. The Balaban J connectivity index is 1.80. The molecule has 2 N–H and O–H groups in total. The number of hydrogen-bond acceptors (Lipinski definition) is 2. The van der Waals surface area contributed by atoms with Gasteiger partial charge in [-0.15, -0.1) is 0 Å². The second-order valence-corrected chi connectivity index (χ2v) is 5.70. The molecule has 0 bridgehead atoms. The van der Waals surface area contributed by atoms with Gasteiger partial charge in [0.2, 0.25) is 5.91 Å². The molecule has 0 saturated carbocycles. The van der Waals surface area contributed by atoms with Crippen LogP contribution in [0.2, 0.25) is 5.02 Å². The van der Waals surface area contributed by atoms with Gasteiger partial charge >= 0.3 is 0 Å². The third kappa shape index (κ3) is 5.02. The smallest absolute Gasteiger partial charge is 0.239 e. The molecule has 1 amide bonds. The Kier molecular flexibility index (Phi) is 5.59. The molecular weight excluding hydrogens is 359 g/mol. The van der Waals surface area contributed by atoms with E-state index in [1.165, 1.54) is 12.1 Å². The number of carbonyl (C=O) groups excluding carboxylic acids is 1. The van der Waals surface area contributed by atoms with Crippen molar-refractivity contribution in [1.29, 1.82) is 0 Å². The largest absolute Gasteiger partial charge is 0.375 e. The van der Waals surface area contributed by atoms with Crippen molar-refractivity contribution >= 4 is 39.1 Å². The first-order valence-electron chi connectivity index (χ1n) is 6.24. The molecule has 0 aromatic heterocycles. The number of nitrogens with one attached hydrogen (secondary N) is 2. The van der Waals surface area contributed by atoms with Crippen LogP contribution in [0.3, 0.4) is 0 Å². The number of rotatable bonds is 5. The topological polar surface area (TPSA) is 41.1 Å². The lowest BCUT2D eigenvalue weighted by Crippen LogP contribution is -2.29. The van der Waals surface area contributed by atoms with E-state index in [1.54, 1.807) is 24.3 Å². The number of halogens is 3. The van der Waals surface area contributed by atoms with E-state index < -0.39 is 0 Å². The summed E-state index contributed by atoms with van der Waals surface area (Å²) in [7, 11) is 0. The standard InChI is InChI=1S/C15H13BrClFN2O/c16-11-3-6-14(13(17)7-11)19-9-15(21)20-8-10-1-4-12(18)5-2-10/h1-7,19H,8-9H2,(H,20,21). The molecule has 0 aliphatic heterocycles. The van der Waals surface area contributed by atoms with Gasteiger partial charge < -0.3 is 10.6 Å². The van der Waals surface area contributed by atoms with Crippen LogP contribution in [0.25, 0.3) is 0 Å². The minimum Gasteiger partial charge on any atom is -0.375 e. The summed E-state index contributed by atoms with van der Waals surface area (Å²) >= 11 is 9.35. The molecule has 0 saturated heterocycles. The second-order valence-electron chi connectivity index (χ2n) is 4.38. The highest BCUT2D eigenvalue weighted by molar-refractivity contribution is 9.10. The van der Waals surface area contributed by atoms with E-state index in [-0.39, 0.29) is 18.3 Å². The average Bonchev–Trinajstić information content (AvgIpc) is 2.46. The summed E-state index contributed by atoms with van der Waals surface area (Å²) in [6.07, 6.45) is 0. The van der Waals surface area contributed by atoms with E-state index >= 15 is 0 Å². The molecular formula is C15H13BrClFN2O. The SMILES string of the molecule is O=C(CNc1ccc(Br)cc1Cl)NCc1ccc(F)cc1. The van der Waals surface area contributed by atoms with Gasteiger partial charge in [0.05, 0.1) is 17.3 Å². The van der Waals surface area contributed by atoms with Crippen molar-refractivity contribution in [1.82, 2.24) is 5.32 Å². The molecule has 0 radical (unpaired) electrons. The molecule has 3 nitrogen and oxygen atoms in total. The third-order valence-electron chi connectivity index (χ3n) is 2.77. The predicted octanol–water partition coefficient (Wildman–Crippen LogP) is 3.97. The third-order valence-corrected chi connectivity index (χ3v) is 3.58. The van der Waals surface area contributed by atoms with Crippen molar-refractivity contribution in [3.05, 3.63) is 63.3 Å². The number of hydrogen-bond donors (Lipinski definition) is 2. The minimum absolute atomic E-state index is 0.114. The number of benzene rings is 2. The summed E-state index contributed by atoms with van der Waals surface area (Å²) in [5.74, 6) is -0.463. The Hall–Kier alpha value is -1.59. The first-order chi connectivity index (χ1) is 10.0. The van der Waals surface area contributed by atoms with Crippen molar-refractivity contribution in [2.75, 3.05) is 11.9 Å². The van der Waals surface area contributed by atoms with Gasteiger partial charge in [0.15, 0.2) is 0 Å². The van der Waals surface area contributed by atoms with Gasteiger partial charge in [-0.1, -0.05) is 39.7 Å². The highest BCUT2D eigenvalue weighted by Gasteiger charge is 2.04. The number of amides is 1. The molecule has 0 fully saturated rings. The van der Waals surface area contributed by atoms with Crippen molar-refractivity contribution in [3.8, 4) is 0 Å². The summed E-state index contributed by atoms with van der Waals surface area (Å²) < 4.78 is 13.6. The van der Waals surface area contributed by atoms with Crippen LogP contribution in [-0.2, 0) is 11.3 Å². The molecule has 0 unspecified atom stereocenters. The fraction of sp³-hybridized carbons (Fsp3) is 0.133. The minimum atomic E-state index is -0.295. The average molecular weight is 372 g/mol. The second kappa shape index (κ2) is 7.43. The lowest BCUT2D eigenvalue weighted by molar-refractivity contribution is -0.119. The predicted molar refractivity (Wildman–Crippen MR) is 85.9 cm³/mol. The quantitative estimate of drug-likeness (QED) is 0.835. The maximum Gasteiger partial charge on any atom is 0.239 e. The maximum absolute atomic E-state index is 12.7. The van der Waals surface area contributed by atoms with Gasteiger partial charge in [0, 0.05) is 11.0 Å². The van der Waals surface area contributed by atoms with E-state index in [1.807, 2.05) is 6.07 Å². The van der Waals surface area contributed by atoms with Crippen LogP contribution >= 0.6 is 27.5 Å². The first kappa shape index (κ1) is 15.8. The Morgan fingerprint density at radius 1 is 1.19 bits per heavy atom. The zero-order valence-electron chi connectivity index (χ0n) is 11.0. The monoisotopic (exact) mass is 370 g/mol. The fourth-order valence-electron chi connectivity index (χ4n) is 1.67. The molecule has 2 aromatic carbocycles. The Morgan fingerprint density at radius 2 is 1.90 bits per heavy atom. The summed E-state index contributed by atoms with van der Waals surface area (Å²) in [6, 6.07) is 11.4. The van der Waals surface area contributed by atoms with Gasteiger partial charge in [-0.25, -0.2) is 4.39 Å². The van der Waals surface area contributed by atoms with Crippen LogP contribution in [0.1, 0.15) is 5.56 Å². The summed E-state index contributed by atoms with van der Waals surface area (Å²) in [4.78, 5) is 11.7. The first-order valence-corrected chi connectivity index (χ1v) is 7.42. The van der Waals surface area contributed by atoms with Gasteiger partial charge in [-0.05, 0) is 35.9 Å². The molecule has 0 spiro atoms. The van der Waals surface area contributed by atoms with Crippen LogP contribution in [0.5, 0.6) is 0 Å². The van der Waals surface area contributed by atoms with Crippen molar-refractivity contribution in [2.45, 2.75) is 6.54 Å². The van der Waals surface area contributed by atoms with Crippen molar-refractivity contribution in [2.24, 2.45) is 0 Å². The Labute approximate surface area is 135 Å². The van der Waals surface area contributed by atoms with E-state index in [9.17, 15) is 9.18 Å². The summed E-state index contributed by atoms with van der Waals surface area (Å²) in [5.41, 5.74) is 1.53. The van der Waals surface area contributed by atoms with Gasteiger partial charge in [0.25, 0.3) is 0 Å². The molecule has 0 aliphatic rings. The van der Waals surface area contributed by atoms with Crippen molar-refractivity contribution < 1.29 is 9.18 Å². The van der Waals surface area contributed by atoms with Crippen LogP contribution in [-0.4, -0.2) is 12.5 Å². The number of anilines is 1. The fourth-order valence-corrected chi connectivity index (χ4v) is 2.41. The molecule has 2 aromatic rings. The Morgan fingerprint density at radius 3 is 2.57 bits per heavy atom. The van der Waals surface area contributed by atoms with Crippen LogP contribution < -0.4 is 10.6 Å². The summed E-state index contributed by atoms with van der Waals surface area (Å²) in [6.45, 7) is 0.470. The molecule has 6 heteroatoms. The van der Waals surface area contributed by atoms with E-state index in [0.717, 1.165) is 10.0 Å². The van der Waals surface area contributed by atoms with Gasteiger partial charge in [-0.3, -0.25) is 4.79 Å².